The first-order valence-electron chi connectivity index (χ1n) is 6.63. The van der Waals surface area contributed by atoms with Crippen molar-refractivity contribution in [2.75, 3.05) is 13.6 Å². The summed E-state index contributed by atoms with van der Waals surface area (Å²) in [4.78, 5) is 2.54. The minimum absolute atomic E-state index is 0.471. The van der Waals surface area contributed by atoms with Gasteiger partial charge in [-0.15, -0.1) is 0 Å². The van der Waals surface area contributed by atoms with Crippen molar-refractivity contribution in [1.82, 2.24) is 4.90 Å². The first-order chi connectivity index (χ1) is 7.17. The Morgan fingerprint density at radius 3 is 2.47 bits per heavy atom. The Kier molecular flexibility index (Phi) is 5.62. The number of rotatable bonds is 5. The summed E-state index contributed by atoms with van der Waals surface area (Å²) in [5, 5.41) is 0. The van der Waals surface area contributed by atoms with E-state index in [9.17, 15) is 0 Å². The molecule has 1 saturated carbocycles. The van der Waals surface area contributed by atoms with Gasteiger partial charge in [0.1, 0.15) is 0 Å². The van der Waals surface area contributed by atoms with Crippen LogP contribution in [0.2, 0.25) is 0 Å². The molecule has 0 amide bonds. The van der Waals surface area contributed by atoms with Crippen LogP contribution < -0.4 is 5.73 Å². The zero-order chi connectivity index (χ0) is 11.3. The first-order valence-corrected chi connectivity index (χ1v) is 6.63. The monoisotopic (exact) mass is 212 g/mol. The van der Waals surface area contributed by atoms with Gasteiger partial charge in [-0.1, -0.05) is 20.3 Å². The Balaban J connectivity index is 2.32. The molecule has 90 valence electrons. The summed E-state index contributed by atoms with van der Waals surface area (Å²) in [6.45, 7) is 5.83. The minimum Gasteiger partial charge on any atom is -0.328 e. The molecule has 2 nitrogen and oxygen atoms in total. The fourth-order valence-corrected chi connectivity index (χ4v) is 2.97. The number of hydrogen-bond acceptors (Lipinski definition) is 2. The molecule has 0 heterocycles. The van der Waals surface area contributed by atoms with Gasteiger partial charge in [0.15, 0.2) is 0 Å². The number of nitrogens with zero attached hydrogens (tertiary/aromatic N) is 1. The van der Waals surface area contributed by atoms with Crippen LogP contribution in [-0.4, -0.2) is 30.6 Å². The fourth-order valence-electron chi connectivity index (χ4n) is 2.97. The van der Waals surface area contributed by atoms with E-state index >= 15 is 0 Å². The molecule has 2 heteroatoms. The molecule has 0 bridgehead atoms. The van der Waals surface area contributed by atoms with Crippen LogP contribution in [0.1, 0.15) is 52.4 Å². The lowest BCUT2D eigenvalue weighted by Gasteiger charge is -2.33. The van der Waals surface area contributed by atoms with Crippen LogP contribution in [0.4, 0.5) is 0 Å². The summed E-state index contributed by atoms with van der Waals surface area (Å²) in [5.74, 6) is 0.847. The smallest absolute Gasteiger partial charge is 0.00870 e. The zero-order valence-electron chi connectivity index (χ0n) is 10.7. The number of hydrogen-bond donors (Lipinski definition) is 1. The average molecular weight is 212 g/mol. The second kappa shape index (κ2) is 6.49. The molecule has 2 unspecified atom stereocenters. The van der Waals surface area contributed by atoms with Gasteiger partial charge >= 0.3 is 0 Å². The third-order valence-corrected chi connectivity index (χ3v) is 3.94. The van der Waals surface area contributed by atoms with E-state index in [2.05, 4.69) is 25.8 Å². The molecule has 0 radical (unpaired) electrons. The second-order valence-corrected chi connectivity index (χ2v) is 5.20. The summed E-state index contributed by atoms with van der Waals surface area (Å²) in [6, 6.07) is 1.24. The van der Waals surface area contributed by atoms with E-state index in [1.54, 1.807) is 0 Å². The van der Waals surface area contributed by atoms with Gasteiger partial charge in [-0.05, 0) is 45.1 Å². The minimum atomic E-state index is 0.471. The van der Waals surface area contributed by atoms with Gasteiger partial charge in [-0.25, -0.2) is 0 Å². The highest BCUT2D eigenvalue weighted by Crippen LogP contribution is 2.24. The van der Waals surface area contributed by atoms with Crippen LogP contribution in [0.25, 0.3) is 0 Å². The molecule has 1 aliphatic carbocycles. The molecule has 2 N–H and O–H groups in total. The summed E-state index contributed by atoms with van der Waals surface area (Å²) < 4.78 is 0. The molecule has 0 aromatic carbocycles. The van der Waals surface area contributed by atoms with Gasteiger partial charge in [-0.3, -0.25) is 0 Å². The van der Waals surface area contributed by atoms with Crippen LogP contribution in [-0.2, 0) is 0 Å². The largest absolute Gasteiger partial charge is 0.328 e. The van der Waals surface area contributed by atoms with E-state index in [1.807, 2.05) is 0 Å². The summed E-state index contributed by atoms with van der Waals surface area (Å²) in [7, 11) is 2.28. The number of nitrogens with two attached hydrogens (primary N) is 1. The van der Waals surface area contributed by atoms with E-state index in [1.165, 1.54) is 45.1 Å². The van der Waals surface area contributed by atoms with Crippen molar-refractivity contribution in [2.45, 2.75) is 64.5 Å². The van der Waals surface area contributed by atoms with E-state index in [4.69, 9.17) is 5.73 Å². The van der Waals surface area contributed by atoms with Crippen molar-refractivity contribution in [2.24, 2.45) is 11.7 Å². The lowest BCUT2D eigenvalue weighted by Crippen LogP contribution is -2.38. The highest BCUT2D eigenvalue weighted by Gasteiger charge is 2.22. The second-order valence-electron chi connectivity index (χ2n) is 5.20. The predicted octanol–water partition coefficient (Wildman–Crippen LogP) is 2.62. The maximum atomic E-state index is 6.02. The molecule has 0 saturated heterocycles. The Morgan fingerprint density at radius 2 is 1.93 bits per heavy atom. The zero-order valence-corrected chi connectivity index (χ0v) is 10.7. The highest BCUT2D eigenvalue weighted by molar-refractivity contribution is 4.78. The third kappa shape index (κ3) is 4.12. The summed E-state index contributed by atoms with van der Waals surface area (Å²) in [6.07, 6.45) is 7.74. The first kappa shape index (κ1) is 13.0. The molecule has 1 rings (SSSR count). The SMILES string of the molecule is CCC(CC)N(C)CC1CCCC(N)C1. The standard InChI is InChI=1S/C13H28N2/c1-4-13(5-2)15(3)10-11-7-6-8-12(14)9-11/h11-13H,4-10,14H2,1-3H3. The fraction of sp³-hybridized carbons (Fsp3) is 1.00. The van der Waals surface area contributed by atoms with Crippen molar-refractivity contribution >= 4 is 0 Å². The molecule has 1 aliphatic rings. The molecule has 0 spiro atoms. The Hall–Kier alpha value is -0.0800. The summed E-state index contributed by atoms with van der Waals surface area (Å²) in [5.41, 5.74) is 6.02. The van der Waals surface area contributed by atoms with Crippen molar-refractivity contribution in [3.8, 4) is 0 Å². The summed E-state index contributed by atoms with van der Waals surface area (Å²) >= 11 is 0. The topological polar surface area (TPSA) is 29.3 Å². The Labute approximate surface area is 95.2 Å². The Bertz CT molecular complexity index is 166. The third-order valence-electron chi connectivity index (χ3n) is 3.94. The Morgan fingerprint density at radius 1 is 1.27 bits per heavy atom. The molecular weight excluding hydrogens is 184 g/mol. The molecule has 0 aliphatic heterocycles. The van der Waals surface area contributed by atoms with E-state index < -0.39 is 0 Å². The van der Waals surface area contributed by atoms with E-state index in [0.717, 1.165) is 12.0 Å². The van der Waals surface area contributed by atoms with Gasteiger partial charge < -0.3 is 10.6 Å². The lowest BCUT2D eigenvalue weighted by molar-refractivity contribution is 0.168. The van der Waals surface area contributed by atoms with Gasteiger partial charge in [0, 0.05) is 18.6 Å². The molecule has 15 heavy (non-hydrogen) atoms. The van der Waals surface area contributed by atoms with Crippen molar-refractivity contribution < 1.29 is 0 Å². The van der Waals surface area contributed by atoms with Crippen LogP contribution in [0.3, 0.4) is 0 Å². The van der Waals surface area contributed by atoms with Crippen LogP contribution in [0.15, 0.2) is 0 Å². The maximum Gasteiger partial charge on any atom is 0.00870 e. The molecular formula is C13H28N2. The molecule has 0 aromatic heterocycles. The van der Waals surface area contributed by atoms with Gasteiger partial charge in [0.05, 0.1) is 0 Å². The highest BCUT2D eigenvalue weighted by atomic mass is 15.1. The normalized spacial score (nSPS) is 27.6. The predicted molar refractivity (Wildman–Crippen MR) is 66.9 cm³/mol. The molecule has 1 fully saturated rings. The van der Waals surface area contributed by atoms with Gasteiger partial charge in [0.25, 0.3) is 0 Å². The van der Waals surface area contributed by atoms with Crippen molar-refractivity contribution in [3.63, 3.8) is 0 Å². The van der Waals surface area contributed by atoms with Crippen molar-refractivity contribution in [1.29, 1.82) is 0 Å². The maximum absolute atomic E-state index is 6.02. The van der Waals surface area contributed by atoms with E-state index in [0.29, 0.717) is 6.04 Å². The quantitative estimate of drug-likeness (QED) is 0.759. The van der Waals surface area contributed by atoms with Gasteiger partial charge in [-0.2, -0.15) is 0 Å². The average Bonchev–Trinajstić information content (AvgIpc) is 2.19. The van der Waals surface area contributed by atoms with Gasteiger partial charge in [0.2, 0.25) is 0 Å². The van der Waals surface area contributed by atoms with Crippen LogP contribution >= 0.6 is 0 Å². The molecule has 2 atom stereocenters. The lowest BCUT2D eigenvalue weighted by atomic mass is 9.85. The van der Waals surface area contributed by atoms with Crippen LogP contribution in [0, 0.1) is 5.92 Å². The van der Waals surface area contributed by atoms with Crippen molar-refractivity contribution in [3.05, 3.63) is 0 Å². The molecule has 0 aromatic rings. The van der Waals surface area contributed by atoms with Crippen LogP contribution in [0.5, 0.6) is 0 Å². The van der Waals surface area contributed by atoms with E-state index in [-0.39, 0.29) is 0 Å².